The Kier molecular flexibility index (Phi) is 13.0. The van der Waals surface area contributed by atoms with Crippen LogP contribution >= 0.6 is 0 Å². The summed E-state index contributed by atoms with van der Waals surface area (Å²) in [6, 6.07) is 0. The highest BCUT2D eigenvalue weighted by Crippen LogP contribution is 2.33. The smallest absolute Gasteiger partial charge is 0.333 e. The SMILES string of the molecule is C=C1/C=C(\C)[C@](C)(O)C[C@H](O)CC(=O)[C@H](O)[C@@H](O)[C@H](C)C[C@H](C)OC(=O)/C(C)=C/CC/C=C/[C@@H]2O[C@H]2C[C@H](C)C1. The third kappa shape index (κ3) is 11.1. The first-order valence-electron chi connectivity index (χ1n) is 14.5. The molecule has 2 heterocycles. The first-order valence-corrected chi connectivity index (χ1v) is 14.5. The van der Waals surface area contributed by atoms with E-state index >= 15 is 0 Å². The van der Waals surface area contributed by atoms with Gasteiger partial charge in [-0.1, -0.05) is 50.3 Å². The molecule has 0 aliphatic carbocycles. The van der Waals surface area contributed by atoms with Crippen molar-refractivity contribution in [2.45, 2.75) is 129 Å². The van der Waals surface area contributed by atoms with E-state index < -0.39 is 54.1 Å². The molecule has 8 nitrogen and oxygen atoms in total. The molecule has 0 aromatic rings. The molecule has 0 aromatic heterocycles. The summed E-state index contributed by atoms with van der Waals surface area (Å²) in [4.78, 5) is 25.1. The Labute approximate surface area is 239 Å². The lowest BCUT2D eigenvalue weighted by atomic mass is 9.85. The minimum absolute atomic E-state index is 0.100. The van der Waals surface area contributed by atoms with E-state index in [0.717, 1.165) is 24.8 Å². The van der Waals surface area contributed by atoms with Gasteiger partial charge in [0.2, 0.25) is 0 Å². The molecular weight excluding hydrogens is 512 g/mol. The predicted octanol–water partition coefficient (Wildman–Crippen LogP) is 4.11. The maximum absolute atomic E-state index is 12.6. The summed E-state index contributed by atoms with van der Waals surface area (Å²) in [5, 5.41) is 42.6. The minimum Gasteiger partial charge on any atom is -0.459 e. The van der Waals surface area contributed by atoms with Crippen LogP contribution in [0.2, 0.25) is 0 Å². The van der Waals surface area contributed by atoms with Crippen LogP contribution in [0.15, 0.2) is 47.6 Å². The van der Waals surface area contributed by atoms with Gasteiger partial charge < -0.3 is 29.9 Å². The number of aliphatic hydroxyl groups is 4. The zero-order valence-corrected chi connectivity index (χ0v) is 25.0. The average Bonchev–Trinajstić information content (AvgIpc) is 3.58. The van der Waals surface area contributed by atoms with Gasteiger partial charge in [0.25, 0.3) is 0 Å². The Hall–Kier alpha value is -2.10. The molecule has 2 aliphatic heterocycles. The summed E-state index contributed by atoms with van der Waals surface area (Å²) in [5.74, 6) is -1.40. The van der Waals surface area contributed by atoms with Crippen molar-refractivity contribution in [1.29, 1.82) is 0 Å². The van der Waals surface area contributed by atoms with Crippen molar-refractivity contribution in [3.8, 4) is 0 Å². The topological polar surface area (TPSA) is 137 Å². The van der Waals surface area contributed by atoms with E-state index in [1.807, 2.05) is 12.2 Å². The van der Waals surface area contributed by atoms with Crippen molar-refractivity contribution in [2.75, 3.05) is 0 Å². The molecule has 0 amide bonds. The van der Waals surface area contributed by atoms with Gasteiger partial charge in [0.1, 0.15) is 12.2 Å². The number of epoxide rings is 1. The van der Waals surface area contributed by atoms with Gasteiger partial charge in [0, 0.05) is 18.4 Å². The van der Waals surface area contributed by atoms with E-state index in [2.05, 4.69) is 25.7 Å². The van der Waals surface area contributed by atoms with Gasteiger partial charge in [-0.25, -0.2) is 4.79 Å². The first-order chi connectivity index (χ1) is 18.6. The molecule has 0 saturated carbocycles. The molecule has 1 saturated heterocycles. The van der Waals surface area contributed by atoms with Crippen molar-refractivity contribution in [3.05, 3.63) is 47.6 Å². The Morgan fingerprint density at radius 1 is 1.02 bits per heavy atom. The van der Waals surface area contributed by atoms with Gasteiger partial charge in [-0.15, -0.1) is 0 Å². The second-order valence-corrected chi connectivity index (χ2v) is 12.2. The number of fused-ring (bicyclic) bond motifs is 1. The van der Waals surface area contributed by atoms with E-state index in [9.17, 15) is 30.0 Å². The third-order valence-electron chi connectivity index (χ3n) is 7.89. The van der Waals surface area contributed by atoms with Crippen molar-refractivity contribution >= 4 is 11.8 Å². The van der Waals surface area contributed by atoms with Crippen molar-refractivity contribution in [3.63, 3.8) is 0 Å². The third-order valence-corrected chi connectivity index (χ3v) is 7.89. The fourth-order valence-electron chi connectivity index (χ4n) is 5.21. The molecular formula is C32H50O8. The summed E-state index contributed by atoms with van der Waals surface area (Å²) in [7, 11) is 0. The quantitative estimate of drug-likeness (QED) is 0.197. The van der Waals surface area contributed by atoms with E-state index in [1.165, 1.54) is 0 Å². The van der Waals surface area contributed by atoms with Crippen LogP contribution in [0.1, 0.15) is 86.5 Å². The van der Waals surface area contributed by atoms with Gasteiger partial charge in [-0.05, 0) is 77.2 Å². The number of aliphatic hydroxyl groups excluding tert-OH is 3. The zero-order valence-electron chi connectivity index (χ0n) is 25.0. The van der Waals surface area contributed by atoms with Crippen molar-refractivity contribution < 1.29 is 39.5 Å². The molecule has 9 atom stereocenters. The molecule has 2 aliphatic rings. The number of esters is 1. The molecule has 0 radical (unpaired) electrons. The fourth-order valence-corrected chi connectivity index (χ4v) is 5.21. The molecule has 2 rings (SSSR count). The van der Waals surface area contributed by atoms with Crippen LogP contribution in [0.25, 0.3) is 0 Å². The number of hydrogen-bond donors (Lipinski definition) is 4. The fraction of sp³-hybridized carbons (Fsp3) is 0.688. The highest BCUT2D eigenvalue weighted by molar-refractivity contribution is 5.87. The lowest BCUT2D eigenvalue weighted by molar-refractivity contribution is -0.146. The molecule has 0 spiro atoms. The Bertz CT molecular complexity index is 977. The van der Waals surface area contributed by atoms with E-state index in [4.69, 9.17) is 9.47 Å². The van der Waals surface area contributed by atoms with Crippen LogP contribution in [0.5, 0.6) is 0 Å². The Balaban J connectivity index is 2.15. The standard InChI is InChI=1S/C32H50O8/c1-19-13-20(2)15-28-27(40-28)12-10-8-9-11-21(3)31(37)39-24(6)16-22(4)29(35)30(36)26(34)17-25(33)18-32(7,38)23(5)14-19/h10-12,14,20,22,24-25,27-30,33,35-36,38H,1,8-9,13,15-18H2,2-7H3/b12-10+,21-11+,23-14+/t20-,22-,24+,25-,27+,28+,29+,30+,32-/m1/s1. The summed E-state index contributed by atoms with van der Waals surface area (Å²) in [6.45, 7) is 14.7. The van der Waals surface area contributed by atoms with Crippen LogP contribution in [0.4, 0.5) is 0 Å². The van der Waals surface area contributed by atoms with Crippen LogP contribution < -0.4 is 0 Å². The molecule has 0 bridgehead atoms. The summed E-state index contributed by atoms with van der Waals surface area (Å²) >= 11 is 0. The number of allylic oxidation sites excluding steroid dienone is 4. The highest BCUT2D eigenvalue weighted by Gasteiger charge is 2.37. The molecule has 1 fully saturated rings. The number of carbonyl (C=O) groups is 2. The van der Waals surface area contributed by atoms with Crippen LogP contribution in [-0.2, 0) is 19.1 Å². The Morgan fingerprint density at radius 2 is 1.70 bits per heavy atom. The average molecular weight is 563 g/mol. The number of ether oxygens (including phenoxy) is 2. The highest BCUT2D eigenvalue weighted by atomic mass is 16.6. The summed E-state index contributed by atoms with van der Waals surface area (Å²) in [6.07, 6.45) is 5.95. The van der Waals surface area contributed by atoms with Crippen molar-refractivity contribution in [1.82, 2.24) is 0 Å². The van der Waals surface area contributed by atoms with Crippen LogP contribution in [0, 0.1) is 11.8 Å². The number of Topliss-reactive ketones (excluding diaryl/α,β-unsaturated/α-hetero) is 1. The molecule has 40 heavy (non-hydrogen) atoms. The molecule has 0 unspecified atom stereocenters. The van der Waals surface area contributed by atoms with Crippen molar-refractivity contribution in [2.24, 2.45) is 11.8 Å². The van der Waals surface area contributed by atoms with Crippen LogP contribution in [0.3, 0.4) is 0 Å². The number of carbonyl (C=O) groups excluding carboxylic acids is 2. The lowest BCUT2D eigenvalue weighted by Gasteiger charge is -2.29. The van der Waals surface area contributed by atoms with Gasteiger partial charge in [0.05, 0.1) is 30.0 Å². The maximum Gasteiger partial charge on any atom is 0.333 e. The van der Waals surface area contributed by atoms with Gasteiger partial charge in [-0.3, -0.25) is 4.79 Å². The van der Waals surface area contributed by atoms with Gasteiger partial charge in [0.15, 0.2) is 5.78 Å². The van der Waals surface area contributed by atoms with Crippen LogP contribution in [-0.4, -0.2) is 74.4 Å². The normalized spacial score (nSPS) is 42.0. The maximum atomic E-state index is 12.6. The van der Waals surface area contributed by atoms with Gasteiger partial charge >= 0.3 is 5.97 Å². The monoisotopic (exact) mass is 562 g/mol. The molecule has 226 valence electrons. The lowest BCUT2D eigenvalue weighted by Crippen LogP contribution is -2.41. The predicted molar refractivity (Wildman–Crippen MR) is 154 cm³/mol. The number of ketones is 1. The van der Waals surface area contributed by atoms with E-state index in [-0.39, 0.29) is 25.0 Å². The number of cyclic esters (lactones) is 1. The summed E-state index contributed by atoms with van der Waals surface area (Å²) in [5.41, 5.74) is 0.569. The summed E-state index contributed by atoms with van der Waals surface area (Å²) < 4.78 is 11.3. The Morgan fingerprint density at radius 3 is 2.38 bits per heavy atom. The second kappa shape index (κ2) is 15.2. The largest absolute Gasteiger partial charge is 0.459 e. The molecule has 8 heteroatoms. The number of rotatable bonds is 0. The molecule has 0 aromatic carbocycles. The van der Waals surface area contributed by atoms with E-state index in [1.54, 1.807) is 34.6 Å². The first kappa shape index (κ1) is 34.1. The van der Waals surface area contributed by atoms with Gasteiger partial charge in [-0.2, -0.15) is 0 Å². The number of hydrogen-bond acceptors (Lipinski definition) is 8. The second-order valence-electron chi connectivity index (χ2n) is 12.2. The minimum atomic E-state index is -1.71. The molecule has 4 N–H and O–H groups in total. The zero-order chi connectivity index (χ0) is 30.2. The van der Waals surface area contributed by atoms with E-state index in [0.29, 0.717) is 23.5 Å².